The molecule has 0 spiro atoms. The highest BCUT2D eigenvalue weighted by atomic mass is 16.7. The van der Waals surface area contributed by atoms with Gasteiger partial charge in [0.25, 0.3) is 6.71 Å². The fraction of sp³-hybridized carbons (Fsp3) is 0.103. The summed E-state index contributed by atoms with van der Waals surface area (Å²) in [4.78, 5) is 4.90. The van der Waals surface area contributed by atoms with Crippen molar-refractivity contribution in [3.05, 3.63) is 187 Å². The zero-order chi connectivity index (χ0) is 43.6. The lowest BCUT2D eigenvalue weighted by atomic mass is 9.33. The van der Waals surface area contributed by atoms with Crippen LogP contribution in [0.1, 0.15) is 31.9 Å². The van der Waals surface area contributed by atoms with Crippen LogP contribution in [0.25, 0.3) is 55.7 Å². The predicted molar refractivity (Wildman–Crippen MR) is 266 cm³/mol. The first-order valence-corrected chi connectivity index (χ1v) is 22.3. The van der Waals surface area contributed by atoms with E-state index in [-0.39, 0.29) is 18.9 Å². The maximum atomic E-state index is 6.55. The minimum absolute atomic E-state index is 0.0601. The van der Waals surface area contributed by atoms with Crippen LogP contribution < -0.4 is 35.7 Å². The number of rotatable bonds is 5. The number of anilines is 6. The molecule has 0 N–H and O–H groups in total. The summed E-state index contributed by atoms with van der Waals surface area (Å²) in [5, 5.41) is 2.16. The summed E-state index contributed by atoms with van der Waals surface area (Å²) in [6.07, 6.45) is 0. The molecule has 5 heterocycles. The first-order valence-electron chi connectivity index (χ1n) is 22.3. The third kappa shape index (κ3) is 5.88. The Morgan fingerprint density at radius 2 is 1.15 bits per heavy atom. The molecule has 312 valence electrons. The number of aryl methyl sites for hydroxylation is 1. The van der Waals surface area contributed by atoms with Crippen molar-refractivity contribution < 1.29 is 18.3 Å². The predicted octanol–water partition coefficient (Wildman–Crippen LogP) is 13.6. The molecule has 3 aliphatic rings. The Hall–Kier alpha value is -7.90. The number of hydrogen-bond donors (Lipinski definition) is 0. The van der Waals surface area contributed by atoms with Gasteiger partial charge in [-0.05, 0) is 136 Å². The van der Waals surface area contributed by atoms with Gasteiger partial charge in [-0.2, -0.15) is 0 Å². The van der Waals surface area contributed by atoms with Crippen LogP contribution in [0.4, 0.5) is 34.1 Å². The van der Waals surface area contributed by atoms with Gasteiger partial charge in [-0.25, -0.2) is 0 Å². The number of benzene rings is 8. The molecule has 0 atom stereocenters. The van der Waals surface area contributed by atoms with E-state index in [1.165, 1.54) is 16.5 Å². The standard InChI is InChI=1S/C58H43BN2O4/c1-35-28-48-55-49(29-35)61(46-26-21-41(58(2,3)4)33-43(46)36-12-6-5-7-13-36)56-44(24-27-52-57(56)63-34-62-52)59(55)45-30-40(54-32-39-15-9-11-17-51(39)65-54)20-25-47(45)60(48)42-22-18-37(19-23-42)53-31-38-14-8-10-16-50(38)64-53/h5-33H,34H2,1-4H3. The molecule has 0 saturated carbocycles. The number of nitrogens with zero attached hydrogens (tertiary/aromatic N) is 2. The lowest BCUT2D eigenvalue weighted by molar-refractivity contribution is 0.174. The second-order valence-corrected chi connectivity index (χ2v) is 18.5. The van der Waals surface area contributed by atoms with Crippen LogP contribution in [-0.2, 0) is 5.41 Å². The van der Waals surface area contributed by atoms with Gasteiger partial charge in [-0.1, -0.05) is 106 Å². The molecule has 65 heavy (non-hydrogen) atoms. The number of para-hydroxylation sites is 2. The Morgan fingerprint density at radius 1 is 0.508 bits per heavy atom. The van der Waals surface area contributed by atoms with Crippen LogP contribution in [0, 0.1) is 6.92 Å². The van der Waals surface area contributed by atoms with Crippen LogP contribution in [-0.4, -0.2) is 13.5 Å². The van der Waals surface area contributed by atoms with E-state index in [9.17, 15) is 0 Å². The number of ether oxygens (including phenoxy) is 2. The van der Waals surface area contributed by atoms with Gasteiger partial charge in [0.1, 0.15) is 22.7 Å². The smallest absolute Gasteiger partial charge is 0.252 e. The van der Waals surface area contributed by atoms with Gasteiger partial charge in [0.2, 0.25) is 6.79 Å². The quantitative estimate of drug-likeness (QED) is 0.161. The number of fused-ring (bicyclic) bond motifs is 8. The number of furan rings is 2. The molecule has 0 bridgehead atoms. The molecule has 3 aliphatic heterocycles. The van der Waals surface area contributed by atoms with Gasteiger partial charge in [0.15, 0.2) is 11.5 Å². The lowest BCUT2D eigenvalue weighted by Crippen LogP contribution is -2.61. The van der Waals surface area contributed by atoms with Crippen molar-refractivity contribution in [1.82, 2.24) is 0 Å². The Balaban J connectivity index is 1.08. The molecule has 0 unspecified atom stereocenters. The summed E-state index contributed by atoms with van der Waals surface area (Å²) < 4.78 is 25.6. The van der Waals surface area contributed by atoms with Crippen LogP contribution in [0.3, 0.4) is 0 Å². The summed E-state index contributed by atoms with van der Waals surface area (Å²) in [5.74, 6) is 3.18. The van der Waals surface area contributed by atoms with Crippen LogP contribution >= 0.6 is 0 Å². The van der Waals surface area contributed by atoms with E-state index in [0.717, 1.165) is 112 Å². The molecule has 0 aliphatic carbocycles. The van der Waals surface area contributed by atoms with E-state index in [1.54, 1.807) is 0 Å². The molecule has 0 amide bonds. The molecule has 0 radical (unpaired) electrons. The average molecular weight is 843 g/mol. The first kappa shape index (κ1) is 37.6. The minimum atomic E-state index is -0.152. The molecular formula is C58H43BN2O4. The van der Waals surface area contributed by atoms with E-state index < -0.39 is 0 Å². The number of hydrogen-bond acceptors (Lipinski definition) is 6. The largest absolute Gasteiger partial charge is 0.456 e. The highest BCUT2D eigenvalue weighted by Gasteiger charge is 2.46. The normalized spacial score (nSPS) is 13.6. The topological polar surface area (TPSA) is 51.2 Å². The Morgan fingerprint density at radius 3 is 1.86 bits per heavy atom. The summed E-state index contributed by atoms with van der Waals surface area (Å²) in [7, 11) is 0. The molecule has 13 rings (SSSR count). The van der Waals surface area contributed by atoms with Crippen molar-refractivity contribution in [3.63, 3.8) is 0 Å². The van der Waals surface area contributed by atoms with Crippen molar-refractivity contribution in [2.75, 3.05) is 16.6 Å². The van der Waals surface area contributed by atoms with Gasteiger partial charge in [-0.15, -0.1) is 0 Å². The van der Waals surface area contributed by atoms with Gasteiger partial charge in [0.05, 0.1) is 11.4 Å². The van der Waals surface area contributed by atoms with Crippen molar-refractivity contribution in [1.29, 1.82) is 0 Å². The van der Waals surface area contributed by atoms with E-state index in [4.69, 9.17) is 18.3 Å². The SMILES string of the molecule is Cc1cc2c3c(c1)N(c1ccc(C(C)(C)C)cc1-c1ccccc1)c1c(ccc4c1OCO4)B3c1cc(-c3cc4ccccc4o3)ccc1N2c1ccc(-c2cc3ccccc3o2)cc1. The summed E-state index contributed by atoms with van der Waals surface area (Å²) in [5.41, 5.74) is 18.4. The second kappa shape index (κ2) is 14.1. The molecule has 6 nitrogen and oxygen atoms in total. The molecule has 2 aromatic heterocycles. The Labute approximate surface area is 378 Å². The van der Waals surface area contributed by atoms with Crippen molar-refractivity contribution in [2.45, 2.75) is 33.1 Å². The van der Waals surface area contributed by atoms with E-state index in [1.807, 2.05) is 30.3 Å². The zero-order valence-electron chi connectivity index (χ0n) is 36.6. The highest BCUT2D eigenvalue weighted by Crippen LogP contribution is 2.53. The fourth-order valence-corrected chi connectivity index (χ4v) is 10.3. The van der Waals surface area contributed by atoms with E-state index in [2.05, 4.69) is 183 Å². The summed E-state index contributed by atoms with van der Waals surface area (Å²) in [6.45, 7) is 9.05. The third-order valence-corrected chi connectivity index (χ3v) is 13.4. The molecule has 8 aromatic carbocycles. The van der Waals surface area contributed by atoms with Crippen molar-refractivity contribution >= 4 is 79.2 Å². The monoisotopic (exact) mass is 842 g/mol. The molecule has 7 heteroatoms. The fourth-order valence-electron chi connectivity index (χ4n) is 10.3. The Bertz CT molecular complexity index is 3480. The minimum Gasteiger partial charge on any atom is -0.456 e. The second-order valence-electron chi connectivity index (χ2n) is 18.5. The van der Waals surface area contributed by atoms with E-state index in [0.29, 0.717) is 0 Å². The first-order chi connectivity index (χ1) is 31.7. The maximum Gasteiger partial charge on any atom is 0.252 e. The molecular weight excluding hydrogens is 799 g/mol. The van der Waals surface area contributed by atoms with Crippen molar-refractivity contribution in [2.24, 2.45) is 0 Å². The highest BCUT2D eigenvalue weighted by molar-refractivity contribution is 7.00. The average Bonchev–Trinajstić information content (AvgIpc) is 4.10. The zero-order valence-corrected chi connectivity index (χ0v) is 36.6. The van der Waals surface area contributed by atoms with E-state index >= 15 is 0 Å². The Kier molecular flexibility index (Phi) is 8.14. The maximum absolute atomic E-state index is 6.55. The summed E-state index contributed by atoms with van der Waals surface area (Å²) in [6, 6.07) is 63.1. The van der Waals surface area contributed by atoms with Gasteiger partial charge >= 0.3 is 0 Å². The van der Waals surface area contributed by atoms with Gasteiger partial charge in [0, 0.05) is 50.2 Å². The van der Waals surface area contributed by atoms with Crippen LogP contribution in [0.2, 0.25) is 0 Å². The molecule has 10 aromatic rings. The molecule has 0 saturated heterocycles. The van der Waals surface area contributed by atoms with Crippen LogP contribution in [0.5, 0.6) is 11.5 Å². The van der Waals surface area contributed by atoms with Gasteiger partial charge in [-0.3, -0.25) is 0 Å². The van der Waals surface area contributed by atoms with Crippen LogP contribution in [0.15, 0.2) is 185 Å². The van der Waals surface area contributed by atoms with Crippen molar-refractivity contribution in [3.8, 4) is 45.3 Å². The molecule has 0 fully saturated rings. The third-order valence-electron chi connectivity index (χ3n) is 13.4. The lowest BCUT2D eigenvalue weighted by Gasteiger charge is -2.45. The van der Waals surface area contributed by atoms with Gasteiger partial charge < -0.3 is 28.1 Å². The summed E-state index contributed by atoms with van der Waals surface area (Å²) >= 11 is 0.